The second-order valence-corrected chi connectivity index (χ2v) is 4.48. The van der Waals surface area contributed by atoms with E-state index in [1.54, 1.807) is 10.9 Å². The number of hydrogen-bond donors (Lipinski definition) is 2. The summed E-state index contributed by atoms with van der Waals surface area (Å²) in [6.07, 6.45) is 3.65. The molecule has 0 aliphatic carbocycles. The Balaban J connectivity index is 2.87. The first-order valence-corrected chi connectivity index (χ1v) is 4.75. The molecule has 0 atom stereocenters. The molecule has 80 valence electrons. The van der Waals surface area contributed by atoms with Gasteiger partial charge in [0, 0.05) is 6.20 Å². The van der Waals surface area contributed by atoms with Crippen LogP contribution in [0.1, 0.15) is 32.4 Å². The van der Waals surface area contributed by atoms with E-state index in [0.717, 1.165) is 5.56 Å². The standard InChI is InChI=1S/C10H18N2O2/c1-10(2,3)8-4-11-12(5-8)9(6-13)7-14/h4-5,9,13-14H,6-7H2,1-3H3. The molecule has 0 fully saturated rings. The molecule has 2 N–H and O–H groups in total. The molecular formula is C10H18N2O2. The molecule has 4 heteroatoms. The smallest absolute Gasteiger partial charge is 0.0979 e. The van der Waals surface area contributed by atoms with Crippen molar-refractivity contribution >= 4 is 0 Å². The molecule has 0 bridgehead atoms. The molecule has 0 saturated carbocycles. The van der Waals surface area contributed by atoms with E-state index in [4.69, 9.17) is 10.2 Å². The molecular weight excluding hydrogens is 180 g/mol. The van der Waals surface area contributed by atoms with Gasteiger partial charge in [-0.3, -0.25) is 4.68 Å². The molecule has 0 amide bonds. The predicted octanol–water partition coefficient (Wildman–Crippen LogP) is 0.706. The van der Waals surface area contributed by atoms with Gasteiger partial charge < -0.3 is 10.2 Å². The highest BCUT2D eigenvalue weighted by Crippen LogP contribution is 2.22. The maximum Gasteiger partial charge on any atom is 0.0979 e. The number of nitrogens with zero attached hydrogens (tertiary/aromatic N) is 2. The van der Waals surface area contributed by atoms with Gasteiger partial charge in [-0.15, -0.1) is 0 Å². The van der Waals surface area contributed by atoms with E-state index in [9.17, 15) is 0 Å². The van der Waals surface area contributed by atoms with E-state index in [2.05, 4.69) is 25.9 Å². The first-order valence-electron chi connectivity index (χ1n) is 4.75. The van der Waals surface area contributed by atoms with E-state index in [1.165, 1.54) is 0 Å². The summed E-state index contributed by atoms with van der Waals surface area (Å²) in [6.45, 7) is 6.10. The minimum atomic E-state index is -0.328. The van der Waals surface area contributed by atoms with Gasteiger partial charge in [0.2, 0.25) is 0 Å². The van der Waals surface area contributed by atoms with E-state index >= 15 is 0 Å². The summed E-state index contributed by atoms with van der Waals surface area (Å²) in [4.78, 5) is 0. The van der Waals surface area contributed by atoms with Crippen molar-refractivity contribution in [2.75, 3.05) is 13.2 Å². The van der Waals surface area contributed by atoms with Crippen LogP contribution in [0.3, 0.4) is 0 Å². The molecule has 0 radical (unpaired) electrons. The van der Waals surface area contributed by atoms with Gasteiger partial charge in [0.05, 0.1) is 25.5 Å². The number of aliphatic hydroxyl groups is 2. The summed E-state index contributed by atoms with van der Waals surface area (Å²) in [5.41, 5.74) is 1.15. The molecule has 0 unspecified atom stereocenters. The zero-order chi connectivity index (χ0) is 10.8. The summed E-state index contributed by atoms with van der Waals surface area (Å²) in [7, 11) is 0. The average molecular weight is 198 g/mol. The van der Waals surface area contributed by atoms with Gasteiger partial charge in [-0.05, 0) is 11.0 Å². The zero-order valence-corrected chi connectivity index (χ0v) is 8.94. The largest absolute Gasteiger partial charge is 0.394 e. The van der Waals surface area contributed by atoms with Crippen molar-refractivity contribution in [2.45, 2.75) is 32.2 Å². The zero-order valence-electron chi connectivity index (χ0n) is 8.94. The van der Waals surface area contributed by atoms with E-state index in [1.807, 2.05) is 6.20 Å². The predicted molar refractivity (Wildman–Crippen MR) is 54.1 cm³/mol. The fourth-order valence-corrected chi connectivity index (χ4v) is 1.15. The lowest BCUT2D eigenvalue weighted by molar-refractivity contribution is 0.146. The minimum Gasteiger partial charge on any atom is -0.394 e. The molecule has 0 aliphatic heterocycles. The van der Waals surface area contributed by atoms with Crippen LogP contribution in [0.2, 0.25) is 0 Å². The van der Waals surface area contributed by atoms with E-state index in [0.29, 0.717) is 0 Å². The normalized spacial score (nSPS) is 12.4. The van der Waals surface area contributed by atoms with Crippen LogP contribution in [-0.2, 0) is 5.41 Å². The number of aromatic nitrogens is 2. The van der Waals surface area contributed by atoms with Gasteiger partial charge in [-0.2, -0.15) is 5.10 Å². The third kappa shape index (κ3) is 2.33. The third-order valence-electron chi connectivity index (χ3n) is 2.26. The minimum absolute atomic E-state index is 0.0493. The van der Waals surface area contributed by atoms with E-state index in [-0.39, 0.29) is 24.7 Å². The van der Waals surface area contributed by atoms with Crippen molar-refractivity contribution in [3.8, 4) is 0 Å². The Hall–Kier alpha value is -0.870. The summed E-state index contributed by atoms with van der Waals surface area (Å²) in [5.74, 6) is 0. The number of rotatable bonds is 3. The van der Waals surface area contributed by atoms with Crippen molar-refractivity contribution in [2.24, 2.45) is 0 Å². The Bertz CT molecular complexity index is 285. The fraction of sp³-hybridized carbons (Fsp3) is 0.700. The quantitative estimate of drug-likeness (QED) is 0.752. The molecule has 1 heterocycles. The van der Waals surface area contributed by atoms with Crippen LogP contribution in [0.5, 0.6) is 0 Å². The fourth-order valence-electron chi connectivity index (χ4n) is 1.15. The monoisotopic (exact) mass is 198 g/mol. The van der Waals surface area contributed by atoms with Gasteiger partial charge in [0.15, 0.2) is 0 Å². The van der Waals surface area contributed by atoms with Gasteiger partial charge in [-0.25, -0.2) is 0 Å². The van der Waals surface area contributed by atoms with Crippen molar-refractivity contribution < 1.29 is 10.2 Å². The topological polar surface area (TPSA) is 58.3 Å². The maximum atomic E-state index is 8.97. The van der Waals surface area contributed by atoms with Crippen LogP contribution in [0.15, 0.2) is 12.4 Å². The molecule has 1 aromatic heterocycles. The van der Waals surface area contributed by atoms with Crippen molar-refractivity contribution in [1.29, 1.82) is 0 Å². The van der Waals surface area contributed by atoms with Crippen molar-refractivity contribution in [3.05, 3.63) is 18.0 Å². The van der Waals surface area contributed by atoms with Crippen molar-refractivity contribution in [3.63, 3.8) is 0 Å². The van der Waals surface area contributed by atoms with Crippen LogP contribution < -0.4 is 0 Å². The Morgan fingerprint density at radius 1 is 1.36 bits per heavy atom. The molecule has 0 aromatic carbocycles. The summed E-state index contributed by atoms with van der Waals surface area (Å²) >= 11 is 0. The molecule has 0 aliphatic rings. The Kier molecular flexibility index (Phi) is 3.29. The highest BCUT2D eigenvalue weighted by Gasteiger charge is 2.17. The third-order valence-corrected chi connectivity index (χ3v) is 2.26. The van der Waals surface area contributed by atoms with Crippen molar-refractivity contribution in [1.82, 2.24) is 9.78 Å². The van der Waals surface area contributed by atoms with Crippen LogP contribution in [0, 0.1) is 0 Å². The highest BCUT2D eigenvalue weighted by molar-refractivity contribution is 5.15. The first-order chi connectivity index (χ1) is 6.49. The van der Waals surface area contributed by atoms with E-state index < -0.39 is 0 Å². The summed E-state index contributed by atoms with van der Waals surface area (Å²) in [6, 6.07) is -0.328. The lowest BCUT2D eigenvalue weighted by atomic mass is 9.90. The average Bonchev–Trinajstić information content (AvgIpc) is 2.54. The second kappa shape index (κ2) is 4.11. The SMILES string of the molecule is CC(C)(C)c1cnn(C(CO)CO)c1. The van der Waals surface area contributed by atoms with Crippen LogP contribution in [0.25, 0.3) is 0 Å². The molecule has 1 rings (SSSR count). The summed E-state index contributed by atoms with van der Waals surface area (Å²) in [5, 5.41) is 22.1. The first kappa shape index (κ1) is 11.2. The highest BCUT2D eigenvalue weighted by atomic mass is 16.3. The van der Waals surface area contributed by atoms with Gasteiger partial charge in [-0.1, -0.05) is 20.8 Å². The molecule has 4 nitrogen and oxygen atoms in total. The number of aliphatic hydroxyl groups excluding tert-OH is 2. The Morgan fingerprint density at radius 3 is 2.29 bits per heavy atom. The van der Waals surface area contributed by atoms with Gasteiger partial charge in [0.1, 0.15) is 0 Å². The van der Waals surface area contributed by atoms with Crippen LogP contribution in [-0.4, -0.2) is 33.2 Å². The van der Waals surface area contributed by atoms with Gasteiger partial charge in [0.25, 0.3) is 0 Å². The van der Waals surface area contributed by atoms with Gasteiger partial charge >= 0.3 is 0 Å². The lowest BCUT2D eigenvalue weighted by Crippen LogP contribution is -2.18. The molecule has 1 aromatic rings. The maximum absolute atomic E-state index is 8.97. The number of hydrogen-bond acceptors (Lipinski definition) is 3. The molecule has 14 heavy (non-hydrogen) atoms. The second-order valence-electron chi connectivity index (χ2n) is 4.48. The van der Waals surface area contributed by atoms with Crippen LogP contribution in [0.4, 0.5) is 0 Å². The lowest BCUT2D eigenvalue weighted by Gasteiger charge is -2.16. The Labute approximate surface area is 84.2 Å². The van der Waals surface area contributed by atoms with Crippen LogP contribution >= 0.6 is 0 Å². The Morgan fingerprint density at radius 2 is 1.93 bits per heavy atom. The molecule has 0 spiro atoms. The molecule has 0 saturated heterocycles. The summed E-state index contributed by atoms with van der Waals surface area (Å²) < 4.78 is 1.61.